The van der Waals surface area contributed by atoms with E-state index in [1.54, 1.807) is 12.1 Å². The van der Waals surface area contributed by atoms with Crippen molar-refractivity contribution in [3.05, 3.63) is 29.3 Å². The number of ether oxygens (including phenoxy) is 1. The highest BCUT2D eigenvalue weighted by Crippen LogP contribution is 2.18. The topological polar surface area (TPSA) is 93.4 Å². The van der Waals surface area contributed by atoms with Crippen LogP contribution in [0.25, 0.3) is 0 Å². The first-order chi connectivity index (χ1) is 10.9. The number of hydrogen-bond donors (Lipinski definition) is 3. The maximum Gasteiger partial charge on any atom is 0.302 e. The predicted molar refractivity (Wildman–Crippen MR) is 93.4 cm³/mol. The smallest absolute Gasteiger partial charge is 0.302 e. The van der Waals surface area contributed by atoms with Crippen molar-refractivity contribution in [3.63, 3.8) is 0 Å². The van der Waals surface area contributed by atoms with Crippen molar-refractivity contribution in [3.8, 4) is 0 Å². The van der Waals surface area contributed by atoms with Crippen LogP contribution in [0.1, 0.15) is 50.5 Å². The van der Waals surface area contributed by atoms with Crippen molar-refractivity contribution in [1.29, 1.82) is 0 Å². The molecule has 1 aromatic carbocycles. The average Bonchev–Trinajstić information content (AvgIpc) is 2.52. The third-order valence-corrected chi connectivity index (χ3v) is 2.67. The van der Waals surface area contributed by atoms with E-state index in [4.69, 9.17) is 10.5 Å². The molecule has 0 saturated carbocycles. The molecule has 0 atom stereocenters. The number of esters is 1. The maximum absolute atomic E-state index is 12.2. The molecule has 0 spiro atoms. The fourth-order valence-electron chi connectivity index (χ4n) is 1.80. The van der Waals surface area contributed by atoms with Gasteiger partial charge in [0.15, 0.2) is 0 Å². The van der Waals surface area contributed by atoms with Gasteiger partial charge in [-0.15, -0.1) is 0 Å². The molecule has 0 aliphatic rings. The summed E-state index contributed by atoms with van der Waals surface area (Å²) in [6, 6.07) is 5.65. The minimum Gasteiger partial charge on any atom is -0.461 e. The number of rotatable bonds is 7. The Hall–Kier alpha value is -2.08. The van der Waals surface area contributed by atoms with Gasteiger partial charge in [-0.2, -0.15) is 0 Å². The summed E-state index contributed by atoms with van der Waals surface area (Å²) in [5.74, 6) is -0.609. The highest BCUT2D eigenvalue weighted by atomic mass is 16.5. The summed E-state index contributed by atoms with van der Waals surface area (Å²) < 4.78 is 4.98. The lowest BCUT2D eigenvalue weighted by molar-refractivity contribution is -0.142. The second kappa shape index (κ2) is 11.5. The number of hydrogen-bond acceptors (Lipinski definition) is 5. The molecule has 1 aromatic rings. The predicted octanol–water partition coefficient (Wildman–Crippen LogP) is 2.28. The SMILES string of the molecule is CC.CC(=O)OCc1ccc(NC(C)C)cc1C(=O)NCCN. The molecular formula is C17H29N3O3. The van der Waals surface area contributed by atoms with Crippen LogP contribution in [-0.2, 0) is 16.1 Å². The first kappa shape index (κ1) is 20.9. The zero-order valence-corrected chi connectivity index (χ0v) is 14.7. The number of carbonyl (C=O) groups excluding carboxylic acids is 2. The minimum absolute atomic E-state index is 0.0721. The van der Waals surface area contributed by atoms with E-state index in [2.05, 4.69) is 10.6 Å². The molecule has 0 radical (unpaired) electrons. The number of nitrogens with two attached hydrogens (primary N) is 1. The summed E-state index contributed by atoms with van der Waals surface area (Å²) in [6.07, 6.45) is 0. The van der Waals surface area contributed by atoms with Crippen molar-refractivity contribution in [2.75, 3.05) is 18.4 Å². The van der Waals surface area contributed by atoms with Crippen LogP contribution in [0.5, 0.6) is 0 Å². The van der Waals surface area contributed by atoms with Gasteiger partial charge in [0, 0.05) is 42.9 Å². The molecule has 0 fully saturated rings. The van der Waals surface area contributed by atoms with E-state index < -0.39 is 0 Å². The number of carbonyl (C=O) groups is 2. The molecule has 0 aliphatic carbocycles. The normalized spacial score (nSPS) is 9.70. The van der Waals surface area contributed by atoms with E-state index in [1.807, 2.05) is 33.8 Å². The lowest BCUT2D eigenvalue weighted by atomic mass is 10.1. The van der Waals surface area contributed by atoms with Gasteiger partial charge in [0.25, 0.3) is 5.91 Å². The number of anilines is 1. The zero-order chi connectivity index (χ0) is 17.8. The van der Waals surface area contributed by atoms with E-state index in [0.29, 0.717) is 24.2 Å². The van der Waals surface area contributed by atoms with Gasteiger partial charge in [0.05, 0.1) is 0 Å². The van der Waals surface area contributed by atoms with Gasteiger partial charge in [-0.25, -0.2) is 0 Å². The van der Waals surface area contributed by atoms with Crippen LogP contribution in [0.3, 0.4) is 0 Å². The molecule has 0 aromatic heterocycles. The molecule has 0 bridgehead atoms. The van der Waals surface area contributed by atoms with Crippen LogP contribution >= 0.6 is 0 Å². The van der Waals surface area contributed by atoms with Gasteiger partial charge in [-0.3, -0.25) is 9.59 Å². The molecule has 0 heterocycles. The number of benzene rings is 1. The fourth-order valence-corrected chi connectivity index (χ4v) is 1.80. The van der Waals surface area contributed by atoms with E-state index in [0.717, 1.165) is 5.69 Å². The Morgan fingerprint density at radius 1 is 1.26 bits per heavy atom. The monoisotopic (exact) mass is 323 g/mol. The second-order valence-electron chi connectivity index (χ2n) is 5.00. The third kappa shape index (κ3) is 8.21. The van der Waals surface area contributed by atoms with Crippen LogP contribution in [0.2, 0.25) is 0 Å². The molecular weight excluding hydrogens is 294 g/mol. The minimum atomic E-state index is -0.382. The molecule has 23 heavy (non-hydrogen) atoms. The summed E-state index contributed by atoms with van der Waals surface area (Å²) in [5.41, 5.74) is 7.38. The Balaban J connectivity index is 0.00000232. The molecule has 6 nitrogen and oxygen atoms in total. The summed E-state index contributed by atoms with van der Waals surface area (Å²) >= 11 is 0. The van der Waals surface area contributed by atoms with Crippen molar-refractivity contribution >= 4 is 17.6 Å². The summed E-state index contributed by atoms with van der Waals surface area (Å²) in [7, 11) is 0. The van der Waals surface area contributed by atoms with E-state index in [9.17, 15) is 9.59 Å². The number of amides is 1. The van der Waals surface area contributed by atoms with Crippen molar-refractivity contribution in [2.24, 2.45) is 5.73 Å². The van der Waals surface area contributed by atoms with Crippen LogP contribution in [0.15, 0.2) is 18.2 Å². The van der Waals surface area contributed by atoms with Gasteiger partial charge in [-0.05, 0) is 26.0 Å². The molecule has 0 aliphatic heterocycles. The van der Waals surface area contributed by atoms with Gasteiger partial charge in [0.2, 0.25) is 0 Å². The molecule has 0 unspecified atom stereocenters. The fraction of sp³-hybridized carbons (Fsp3) is 0.529. The van der Waals surface area contributed by atoms with Crippen molar-refractivity contribution in [1.82, 2.24) is 5.32 Å². The molecule has 1 rings (SSSR count). The van der Waals surface area contributed by atoms with Crippen LogP contribution in [0, 0.1) is 0 Å². The Morgan fingerprint density at radius 2 is 1.91 bits per heavy atom. The van der Waals surface area contributed by atoms with E-state index >= 15 is 0 Å². The molecule has 4 N–H and O–H groups in total. The summed E-state index contributed by atoms with van der Waals surface area (Å²) in [6.45, 7) is 10.2. The summed E-state index contributed by atoms with van der Waals surface area (Å²) in [4.78, 5) is 23.1. The largest absolute Gasteiger partial charge is 0.461 e. The number of nitrogens with one attached hydrogen (secondary N) is 2. The van der Waals surface area contributed by atoms with Gasteiger partial charge < -0.3 is 21.1 Å². The lowest BCUT2D eigenvalue weighted by Gasteiger charge is -2.15. The van der Waals surface area contributed by atoms with Gasteiger partial charge >= 0.3 is 5.97 Å². The van der Waals surface area contributed by atoms with Gasteiger partial charge in [-0.1, -0.05) is 19.9 Å². The highest BCUT2D eigenvalue weighted by Gasteiger charge is 2.13. The third-order valence-electron chi connectivity index (χ3n) is 2.67. The molecule has 0 saturated heterocycles. The standard InChI is InChI=1S/C15H23N3O3.C2H6/c1-10(2)18-13-5-4-12(9-21-11(3)19)14(8-13)15(20)17-7-6-16;1-2/h4-5,8,10,18H,6-7,9,16H2,1-3H3,(H,17,20);1-2H3. The maximum atomic E-state index is 12.2. The molecule has 1 amide bonds. The Bertz CT molecular complexity index is 502. The average molecular weight is 323 g/mol. The second-order valence-corrected chi connectivity index (χ2v) is 5.00. The highest BCUT2D eigenvalue weighted by molar-refractivity contribution is 5.96. The van der Waals surface area contributed by atoms with E-state index in [1.165, 1.54) is 6.92 Å². The molecule has 6 heteroatoms. The Labute approximate surface area is 138 Å². The van der Waals surface area contributed by atoms with Crippen molar-refractivity contribution < 1.29 is 14.3 Å². The lowest BCUT2D eigenvalue weighted by Crippen LogP contribution is -2.30. The van der Waals surface area contributed by atoms with Crippen molar-refractivity contribution in [2.45, 2.75) is 47.3 Å². The first-order valence-corrected chi connectivity index (χ1v) is 7.95. The quantitative estimate of drug-likeness (QED) is 0.669. The van der Waals surface area contributed by atoms with E-state index in [-0.39, 0.29) is 24.5 Å². The summed E-state index contributed by atoms with van der Waals surface area (Å²) in [5, 5.41) is 5.96. The Morgan fingerprint density at radius 3 is 2.43 bits per heavy atom. The van der Waals surface area contributed by atoms with Crippen LogP contribution < -0.4 is 16.4 Å². The van der Waals surface area contributed by atoms with Gasteiger partial charge in [0.1, 0.15) is 6.61 Å². The first-order valence-electron chi connectivity index (χ1n) is 7.95. The molecule has 130 valence electrons. The zero-order valence-electron chi connectivity index (χ0n) is 14.7. The Kier molecular flexibility index (Phi) is 10.4. The van der Waals surface area contributed by atoms with Crippen LogP contribution in [-0.4, -0.2) is 31.0 Å². The van der Waals surface area contributed by atoms with Crippen LogP contribution in [0.4, 0.5) is 5.69 Å².